The number of hydrogen-bond donors (Lipinski definition) is 2. The summed E-state index contributed by atoms with van der Waals surface area (Å²) in [7, 11) is 3.59. The molecule has 0 aliphatic heterocycles. The monoisotopic (exact) mass is 365 g/mol. The maximum Gasteiger partial charge on any atom is 0.287 e. The first-order valence-corrected chi connectivity index (χ1v) is 8.93. The van der Waals surface area contributed by atoms with E-state index in [2.05, 4.69) is 5.32 Å². The van der Waals surface area contributed by atoms with Crippen molar-refractivity contribution in [2.75, 3.05) is 19.5 Å². The van der Waals surface area contributed by atoms with Crippen LogP contribution in [0.25, 0.3) is 0 Å². The molecule has 3 aromatic rings. The van der Waals surface area contributed by atoms with Crippen LogP contribution in [0.1, 0.15) is 22.9 Å². The molecular weight excluding hydrogens is 340 g/mol. The van der Waals surface area contributed by atoms with Crippen molar-refractivity contribution < 1.29 is 18.8 Å². The highest BCUT2D eigenvalue weighted by Crippen LogP contribution is 2.26. The molecular formula is C22H25N2O3+. The van der Waals surface area contributed by atoms with Gasteiger partial charge in [-0.1, -0.05) is 36.4 Å². The molecule has 0 fully saturated rings. The standard InChI is InChI=1S/C22H24N2O3/c1-16-11-12-20(26-3)19(14-16)23-22(25)21(17-8-5-4-6-9-17)24(2)15-18-10-7-13-27-18/h4-14,21H,15H2,1-3H3,(H,23,25)/p+1/t21-/m0/s1. The normalized spacial score (nSPS) is 13.0. The molecule has 1 unspecified atom stereocenters. The second-order valence-electron chi connectivity index (χ2n) is 6.64. The Kier molecular flexibility index (Phi) is 5.94. The molecule has 0 saturated heterocycles. The highest BCUT2D eigenvalue weighted by Gasteiger charge is 2.30. The molecule has 27 heavy (non-hydrogen) atoms. The summed E-state index contributed by atoms with van der Waals surface area (Å²) in [6.07, 6.45) is 1.65. The average Bonchev–Trinajstić information content (AvgIpc) is 3.16. The maximum atomic E-state index is 13.2. The zero-order chi connectivity index (χ0) is 19.2. The molecule has 0 aliphatic carbocycles. The third-order valence-corrected chi connectivity index (χ3v) is 4.53. The fraction of sp³-hybridized carbons (Fsp3) is 0.227. The van der Waals surface area contributed by atoms with E-state index in [-0.39, 0.29) is 11.9 Å². The van der Waals surface area contributed by atoms with Crippen molar-refractivity contribution in [1.29, 1.82) is 0 Å². The molecule has 1 aromatic heterocycles. The van der Waals surface area contributed by atoms with Gasteiger partial charge in [-0.05, 0) is 36.8 Å². The van der Waals surface area contributed by atoms with Gasteiger partial charge in [0.25, 0.3) is 5.91 Å². The Balaban J connectivity index is 1.88. The lowest BCUT2D eigenvalue weighted by Crippen LogP contribution is -3.09. The SMILES string of the molecule is COc1ccc(C)cc1NC(=O)[C@H](c1ccccc1)[NH+](C)Cc1ccco1. The van der Waals surface area contributed by atoms with Gasteiger partial charge in [0, 0.05) is 5.56 Å². The summed E-state index contributed by atoms with van der Waals surface area (Å²) in [5.41, 5.74) is 2.68. The number of nitrogens with one attached hydrogen (secondary N) is 2. The number of anilines is 1. The van der Waals surface area contributed by atoms with E-state index in [0.717, 1.165) is 21.8 Å². The summed E-state index contributed by atoms with van der Waals surface area (Å²) < 4.78 is 10.9. The lowest BCUT2D eigenvalue weighted by molar-refractivity contribution is -0.916. The molecule has 1 heterocycles. The fourth-order valence-electron chi connectivity index (χ4n) is 3.22. The van der Waals surface area contributed by atoms with Crippen LogP contribution in [0.5, 0.6) is 5.75 Å². The van der Waals surface area contributed by atoms with E-state index in [1.165, 1.54) is 0 Å². The number of likely N-dealkylation sites (N-methyl/N-ethyl adjacent to an activating group) is 1. The number of aryl methyl sites for hydroxylation is 1. The summed E-state index contributed by atoms with van der Waals surface area (Å²) in [6, 6.07) is 18.9. The Hall–Kier alpha value is -3.05. The van der Waals surface area contributed by atoms with Crippen LogP contribution < -0.4 is 15.0 Å². The van der Waals surface area contributed by atoms with E-state index >= 15 is 0 Å². The molecule has 0 saturated carbocycles. The van der Waals surface area contributed by atoms with E-state index < -0.39 is 0 Å². The van der Waals surface area contributed by atoms with E-state index in [4.69, 9.17) is 9.15 Å². The van der Waals surface area contributed by atoms with Crippen LogP contribution in [0.2, 0.25) is 0 Å². The lowest BCUT2D eigenvalue weighted by Gasteiger charge is -2.24. The first-order valence-electron chi connectivity index (χ1n) is 8.93. The molecule has 2 aromatic carbocycles. The molecule has 0 spiro atoms. The summed E-state index contributed by atoms with van der Waals surface area (Å²) in [4.78, 5) is 14.3. The quantitative estimate of drug-likeness (QED) is 0.677. The molecule has 2 atom stereocenters. The van der Waals surface area contributed by atoms with Crippen LogP contribution >= 0.6 is 0 Å². The first-order chi connectivity index (χ1) is 13.1. The van der Waals surface area contributed by atoms with Gasteiger partial charge in [-0.2, -0.15) is 0 Å². The third kappa shape index (κ3) is 4.57. The molecule has 5 heteroatoms. The van der Waals surface area contributed by atoms with Gasteiger partial charge in [-0.15, -0.1) is 0 Å². The van der Waals surface area contributed by atoms with Gasteiger partial charge < -0.3 is 19.4 Å². The zero-order valence-corrected chi connectivity index (χ0v) is 15.9. The number of benzene rings is 2. The van der Waals surface area contributed by atoms with Gasteiger partial charge >= 0.3 is 0 Å². The molecule has 140 valence electrons. The van der Waals surface area contributed by atoms with Crippen LogP contribution in [0.3, 0.4) is 0 Å². The Bertz CT molecular complexity index is 876. The Labute approximate surface area is 159 Å². The maximum absolute atomic E-state index is 13.2. The van der Waals surface area contributed by atoms with Crippen molar-refractivity contribution in [3.8, 4) is 5.75 Å². The molecule has 0 aliphatic rings. The minimum Gasteiger partial charge on any atom is -0.495 e. The average molecular weight is 365 g/mol. The molecule has 3 rings (SSSR count). The van der Waals surface area contributed by atoms with Crippen molar-refractivity contribution in [2.24, 2.45) is 0 Å². The van der Waals surface area contributed by atoms with Crippen molar-refractivity contribution in [2.45, 2.75) is 19.5 Å². The van der Waals surface area contributed by atoms with Gasteiger partial charge in [0.2, 0.25) is 0 Å². The molecule has 5 nitrogen and oxygen atoms in total. The Morgan fingerprint density at radius 1 is 1.15 bits per heavy atom. The molecule has 0 radical (unpaired) electrons. The largest absolute Gasteiger partial charge is 0.495 e. The van der Waals surface area contributed by atoms with Crippen LogP contribution in [0.4, 0.5) is 5.69 Å². The van der Waals surface area contributed by atoms with Crippen LogP contribution in [-0.4, -0.2) is 20.1 Å². The number of rotatable bonds is 7. The molecule has 1 amide bonds. The van der Waals surface area contributed by atoms with E-state index in [9.17, 15) is 4.79 Å². The minimum atomic E-state index is -0.387. The predicted molar refractivity (Wildman–Crippen MR) is 105 cm³/mol. The number of hydrogen-bond acceptors (Lipinski definition) is 3. The molecule has 0 bridgehead atoms. The number of carbonyl (C=O) groups is 1. The number of ether oxygens (including phenoxy) is 1. The Morgan fingerprint density at radius 2 is 1.93 bits per heavy atom. The number of carbonyl (C=O) groups excluding carboxylic acids is 1. The number of quaternary nitrogens is 1. The highest BCUT2D eigenvalue weighted by molar-refractivity contribution is 5.96. The fourth-order valence-corrected chi connectivity index (χ4v) is 3.22. The second kappa shape index (κ2) is 8.56. The van der Waals surface area contributed by atoms with Gasteiger partial charge in [0.05, 0.1) is 26.1 Å². The second-order valence-corrected chi connectivity index (χ2v) is 6.64. The van der Waals surface area contributed by atoms with Crippen LogP contribution in [0, 0.1) is 6.92 Å². The predicted octanol–water partition coefficient (Wildman–Crippen LogP) is 2.99. The summed E-state index contributed by atoms with van der Waals surface area (Å²) >= 11 is 0. The van der Waals surface area contributed by atoms with E-state index in [1.54, 1.807) is 13.4 Å². The van der Waals surface area contributed by atoms with Crippen molar-refractivity contribution >= 4 is 11.6 Å². The van der Waals surface area contributed by atoms with Crippen molar-refractivity contribution in [1.82, 2.24) is 0 Å². The smallest absolute Gasteiger partial charge is 0.287 e. The van der Waals surface area contributed by atoms with Gasteiger partial charge in [-0.25, -0.2) is 0 Å². The van der Waals surface area contributed by atoms with Gasteiger partial charge in [-0.3, -0.25) is 4.79 Å². The number of methoxy groups -OCH3 is 1. The highest BCUT2D eigenvalue weighted by atomic mass is 16.5. The summed E-state index contributed by atoms with van der Waals surface area (Å²) in [5.74, 6) is 1.40. The van der Waals surface area contributed by atoms with Crippen LogP contribution in [0.15, 0.2) is 71.3 Å². The Morgan fingerprint density at radius 3 is 2.59 bits per heavy atom. The van der Waals surface area contributed by atoms with Gasteiger partial charge in [0.1, 0.15) is 12.3 Å². The third-order valence-electron chi connectivity index (χ3n) is 4.53. The van der Waals surface area contributed by atoms with E-state index in [1.807, 2.05) is 74.6 Å². The van der Waals surface area contributed by atoms with Crippen molar-refractivity contribution in [3.63, 3.8) is 0 Å². The lowest BCUT2D eigenvalue weighted by atomic mass is 10.0. The zero-order valence-electron chi connectivity index (χ0n) is 15.9. The van der Waals surface area contributed by atoms with Crippen molar-refractivity contribution in [3.05, 3.63) is 83.8 Å². The minimum absolute atomic E-state index is 0.0887. The number of furan rings is 1. The summed E-state index contributed by atoms with van der Waals surface area (Å²) in [6.45, 7) is 2.59. The van der Waals surface area contributed by atoms with Crippen LogP contribution in [-0.2, 0) is 11.3 Å². The summed E-state index contributed by atoms with van der Waals surface area (Å²) in [5, 5.41) is 3.05. The first kappa shape index (κ1) is 18.7. The van der Waals surface area contributed by atoms with Gasteiger partial charge in [0.15, 0.2) is 11.8 Å². The van der Waals surface area contributed by atoms with E-state index in [0.29, 0.717) is 18.0 Å². The topological polar surface area (TPSA) is 55.9 Å². The molecule has 2 N–H and O–H groups in total. The number of amides is 1.